The third-order valence-corrected chi connectivity index (χ3v) is 3.67. The zero-order valence-corrected chi connectivity index (χ0v) is 15.0. The number of hydroxylamine groups is 1. The molecule has 2 atom stereocenters. The fourth-order valence-corrected chi connectivity index (χ4v) is 2.64. The van der Waals surface area contributed by atoms with Gasteiger partial charge in [0, 0.05) is 5.92 Å². The Labute approximate surface area is 143 Å². The summed E-state index contributed by atoms with van der Waals surface area (Å²) in [6.07, 6.45) is 3.38. The first-order valence-electron chi connectivity index (χ1n) is 8.26. The van der Waals surface area contributed by atoms with Crippen molar-refractivity contribution >= 4 is 17.9 Å². The van der Waals surface area contributed by atoms with Gasteiger partial charge < -0.3 is 5.11 Å². The largest absolute Gasteiger partial charge is 0.480 e. The molecule has 0 radical (unpaired) electrons. The SMILES string of the molecule is C=CCCC(CC(C)C)C(=O)N(C(=O)NO)[C@@H](CC(C)C)C(=O)O. The number of hydrogen-bond acceptors (Lipinski definition) is 4. The highest BCUT2D eigenvalue weighted by atomic mass is 16.5. The van der Waals surface area contributed by atoms with Gasteiger partial charge in [-0.05, 0) is 37.5 Å². The van der Waals surface area contributed by atoms with E-state index in [1.54, 1.807) is 19.9 Å². The van der Waals surface area contributed by atoms with Crippen molar-refractivity contribution in [3.8, 4) is 0 Å². The number of carbonyl (C=O) groups is 3. The summed E-state index contributed by atoms with van der Waals surface area (Å²) >= 11 is 0. The van der Waals surface area contributed by atoms with E-state index in [0.717, 1.165) is 0 Å². The zero-order chi connectivity index (χ0) is 18.9. The molecule has 0 heterocycles. The molecule has 0 bridgehead atoms. The number of hydrogen-bond donors (Lipinski definition) is 3. The molecule has 3 N–H and O–H groups in total. The Balaban J connectivity index is 5.64. The van der Waals surface area contributed by atoms with Gasteiger partial charge in [0.2, 0.25) is 5.91 Å². The van der Waals surface area contributed by atoms with E-state index in [1.807, 2.05) is 13.8 Å². The van der Waals surface area contributed by atoms with Crippen LogP contribution < -0.4 is 5.48 Å². The van der Waals surface area contributed by atoms with Crippen molar-refractivity contribution in [2.24, 2.45) is 17.8 Å². The first-order chi connectivity index (χ1) is 11.1. The van der Waals surface area contributed by atoms with E-state index < -0.39 is 29.9 Å². The van der Waals surface area contributed by atoms with Gasteiger partial charge in [-0.1, -0.05) is 33.8 Å². The molecule has 0 aromatic rings. The Morgan fingerprint density at radius 3 is 2.04 bits per heavy atom. The van der Waals surface area contributed by atoms with Crippen molar-refractivity contribution in [1.29, 1.82) is 0 Å². The lowest BCUT2D eigenvalue weighted by atomic mass is 9.90. The lowest BCUT2D eigenvalue weighted by molar-refractivity contribution is -0.150. The van der Waals surface area contributed by atoms with E-state index in [2.05, 4.69) is 6.58 Å². The average molecular weight is 342 g/mol. The third-order valence-electron chi connectivity index (χ3n) is 3.67. The van der Waals surface area contributed by atoms with Crippen LogP contribution in [0.2, 0.25) is 0 Å². The molecule has 1 unspecified atom stereocenters. The van der Waals surface area contributed by atoms with E-state index in [1.165, 1.54) is 5.48 Å². The number of amides is 3. The van der Waals surface area contributed by atoms with Gasteiger partial charge in [0.05, 0.1) is 0 Å². The van der Waals surface area contributed by atoms with Crippen LogP contribution in [0.4, 0.5) is 4.79 Å². The molecule has 138 valence electrons. The second-order valence-corrected chi connectivity index (χ2v) is 6.80. The summed E-state index contributed by atoms with van der Waals surface area (Å²) in [7, 11) is 0. The van der Waals surface area contributed by atoms with Crippen LogP contribution >= 0.6 is 0 Å². The number of allylic oxidation sites excluding steroid dienone is 1. The van der Waals surface area contributed by atoms with Crippen LogP contribution in [-0.2, 0) is 9.59 Å². The normalized spacial score (nSPS) is 13.5. The molecule has 24 heavy (non-hydrogen) atoms. The predicted octanol–water partition coefficient (Wildman–Crippen LogP) is 3.04. The summed E-state index contributed by atoms with van der Waals surface area (Å²) in [6.45, 7) is 11.1. The molecule has 0 fully saturated rings. The molecule has 0 aromatic heterocycles. The predicted molar refractivity (Wildman–Crippen MR) is 90.4 cm³/mol. The van der Waals surface area contributed by atoms with Crippen molar-refractivity contribution in [1.82, 2.24) is 10.4 Å². The van der Waals surface area contributed by atoms with Crippen LogP contribution in [-0.4, -0.2) is 39.2 Å². The van der Waals surface area contributed by atoms with Gasteiger partial charge in [0.15, 0.2) is 0 Å². The minimum Gasteiger partial charge on any atom is -0.480 e. The van der Waals surface area contributed by atoms with Crippen LogP contribution in [0.3, 0.4) is 0 Å². The standard InChI is InChI=1S/C17H30N2O5/c1-6-7-8-13(9-11(2)3)15(20)19(17(23)18-24)14(16(21)22)10-12(4)5/h6,11-14,24H,1,7-10H2,2-5H3,(H,18,23)(H,21,22)/t13?,14-/m0/s1. The second kappa shape index (κ2) is 10.8. The first-order valence-corrected chi connectivity index (χ1v) is 8.26. The Morgan fingerprint density at radius 2 is 1.67 bits per heavy atom. The van der Waals surface area contributed by atoms with Crippen molar-refractivity contribution in [3.05, 3.63) is 12.7 Å². The Kier molecular flexibility index (Phi) is 9.95. The molecular formula is C17H30N2O5. The highest BCUT2D eigenvalue weighted by Crippen LogP contribution is 2.23. The average Bonchev–Trinajstić information content (AvgIpc) is 2.49. The maximum Gasteiger partial charge on any atom is 0.348 e. The summed E-state index contributed by atoms with van der Waals surface area (Å²) in [4.78, 5) is 37.1. The fraction of sp³-hybridized carbons (Fsp3) is 0.706. The van der Waals surface area contributed by atoms with Crippen molar-refractivity contribution < 1.29 is 24.7 Å². The number of carbonyl (C=O) groups excluding carboxylic acids is 2. The molecule has 0 saturated heterocycles. The molecule has 0 spiro atoms. The number of carboxylic acids is 1. The number of nitrogens with zero attached hydrogens (tertiary/aromatic N) is 1. The summed E-state index contributed by atoms with van der Waals surface area (Å²) < 4.78 is 0. The lowest BCUT2D eigenvalue weighted by Crippen LogP contribution is -2.54. The topological polar surface area (TPSA) is 107 Å². The maximum atomic E-state index is 12.9. The van der Waals surface area contributed by atoms with Gasteiger partial charge in [-0.25, -0.2) is 20.0 Å². The molecular weight excluding hydrogens is 312 g/mol. The number of rotatable bonds is 10. The number of urea groups is 1. The smallest absolute Gasteiger partial charge is 0.348 e. The molecule has 0 saturated carbocycles. The Hall–Kier alpha value is -1.89. The Bertz CT molecular complexity index is 448. The molecule has 0 aromatic carbocycles. The van der Waals surface area contributed by atoms with E-state index in [9.17, 15) is 19.5 Å². The molecule has 0 aliphatic carbocycles. The summed E-state index contributed by atoms with van der Waals surface area (Å²) in [5.41, 5.74) is 1.40. The van der Waals surface area contributed by atoms with Gasteiger partial charge >= 0.3 is 12.0 Å². The minimum absolute atomic E-state index is 0.0374. The number of carboxylic acid groups (broad SMARTS) is 1. The van der Waals surface area contributed by atoms with Crippen LogP contribution in [0, 0.1) is 17.8 Å². The second-order valence-electron chi connectivity index (χ2n) is 6.80. The highest BCUT2D eigenvalue weighted by molar-refractivity contribution is 5.99. The quantitative estimate of drug-likeness (QED) is 0.321. The molecule has 0 aliphatic heterocycles. The summed E-state index contributed by atoms with van der Waals surface area (Å²) in [5.74, 6) is -2.19. The van der Waals surface area contributed by atoms with Crippen molar-refractivity contribution in [2.75, 3.05) is 0 Å². The summed E-state index contributed by atoms with van der Waals surface area (Å²) in [6, 6.07) is -2.43. The molecule has 3 amide bonds. The molecule has 0 aliphatic rings. The van der Waals surface area contributed by atoms with Gasteiger partial charge in [-0.3, -0.25) is 10.0 Å². The summed E-state index contributed by atoms with van der Waals surface area (Å²) in [5, 5.41) is 18.4. The van der Waals surface area contributed by atoms with Crippen LogP contribution in [0.5, 0.6) is 0 Å². The van der Waals surface area contributed by atoms with E-state index in [-0.39, 0.29) is 18.3 Å². The number of imide groups is 1. The third kappa shape index (κ3) is 7.12. The molecule has 7 nitrogen and oxygen atoms in total. The van der Waals surface area contributed by atoms with Crippen LogP contribution in [0.25, 0.3) is 0 Å². The Morgan fingerprint density at radius 1 is 1.12 bits per heavy atom. The fourth-order valence-electron chi connectivity index (χ4n) is 2.64. The molecule has 7 heteroatoms. The van der Waals surface area contributed by atoms with Crippen LogP contribution in [0.1, 0.15) is 53.4 Å². The van der Waals surface area contributed by atoms with Gasteiger partial charge in [-0.2, -0.15) is 0 Å². The number of nitrogens with one attached hydrogen (secondary N) is 1. The molecule has 0 rings (SSSR count). The first kappa shape index (κ1) is 22.1. The lowest BCUT2D eigenvalue weighted by Gasteiger charge is -2.31. The van der Waals surface area contributed by atoms with Crippen molar-refractivity contribution in [3.63, 3.8) is 0 Å². The highest BCUT2D eigenvalue weighted by Gasteiger charge is 2.38. The number of aliphatic carboxylic acids is 1. The van der Waals surface area contributed by atoms with Gasteiger partial charge in [-0.15, -0.1) is 6.58 Å². The van der Waals surface area contributed by atoms with Crippen LogP contribution in [0.15, 0.2) is 12.7 Å². The van der Waals surface area contributed by atoms with Crippen molar-refractivity contribution in [2.45, 2.75) is 59.4 Å². The van der Waals surface area contributed by atoms with E-state index in [0.29, 0.717) is 24.2 Å². The zero-order valence-electron chi connectivity index (χ0n) is 15.0. The van der Waals surface area contributed by atoms with Gasteiger partial charge in [0.1, 0.15) is 6.04 Å². The van der Waals surface area contributed by atoms with Gasteiger partial charge in [0.25, 0.3) is 0 Å². The van der Waals surface area contributed by atoms with E-state index in [4.69, 9.17) is 5.21 Å². The minimum atomic E-state index is -1.32. The van der Waals surface area contributed by atoms with E-state index >= 15 is 0 Å². The monoisotopic (exact) mass is 342 g/mol. The maximum absolute atomic E-state index is 12.9.